The lowest BCUT2D eigenvalue weighted by molar-refractivity contribution is 0.0755. The normalized spacial score (nSPS) is 18.2. The van der Waals surface area contributed by atoms with Crippen LogP contribution in [0.15, 0.2) is 15.9 Å². The zero-order chi connectivity index (χ0) is 10.5. The minimum atomic E-state index is 0.784. The molecule has 1 fully saturated rings. The van der Waals surface area contributed by atoms with Gasteiger partial charge in [0.2, 0.25) is 0 Å². The van der Waals surface area contributed by atoms with Crippen molar-refractivity contribution in [1.82, 2.24) is 0 Å². The second kappa shape index (κ2) is 6.02. The predicted molar refractivity (Wildman–Crippen MR) is 68.3 cm³/mol. The number of hydrogen-bond acceptors (Lipinski definition) is 2. The quantitative estimate of drug-likeness (QED) is 0.786. The monoisotopic (exact) mass is 288 g/mol. The second-order valence-electron chi connectivity index (χ2n) is 4.22. The second-order valence-corrected chi connectivity index (χ2v) is 6.77. The van der Waals surface area contributed by atoms with Crippen molar-refractivity contribution in [2.75, 3.05) is 6.61 Å². The summed E-state index contributed by atoms with van der Waals surface area (Å²) in [5.74, 6) is 0.821. The van der Waals surface area contributed by atoms with Crippen molar-refractivity contribution >= 4 is 27.3 Å². The Kier molecular flexibility index (Phi) is 4.66. The lowest BCUT2D eigenvalue weighted by Crippen LogP contribution is -2.12. The molecule has 0 bridgehead atoms. The maximum Gasteiger partial charge on any atom is 0.0809 e. The topological polar surface area (TPSA) is 9.23 Å². The molecule has 3 heteroatoms. The molecule has 1 aliphatic rings. The van der Waals surface area contributed by atoms with Crippen LogP contribution in [0.2, 0.25) is 0 Å². The molecule has 84 valence electrons. The van der Waals surface area contributed by atoms with E-state index in [0.29, 0.717) is 0 Å². The van der Waals surface area contributed by atoms with Gasteiger partial charge in [-0.1, -0.05) is 19.3 Å². The van der Waals surface area contributed by atoms with E-state index in [4.69, 9.17) is 4.74 Å². The molecule has 1 nitrogen and oxygen atoms in total. The fraction of sp³-hybridized carbons (Fsp3) is 0.667. The Morgan fingerprint density at radius 2 is 2.07 bits per heavy atom. The molecular formula is C12H17BrOS. The molecule has 0 saturated heterocycles. The average molecular weight is 289 g/mol. The van der Waals surface area contributed by atoms with Crippen LogP contribution in [0, 0.1) is 5.92 Å². The van der Waals surface area contributed by atoms with Crippen LogP contribution in [0.5, 0.6) is 0 Å². The third-order valence-electron chi connectivity index (χ3n) is 2.95. The fourth-order valence-electron chi connectivity index (χ4n) is 2.11. The van der Waals surface area contributed by atoms with Gasteiger partial charge in [-0.25, -0.2) is 0 Å². The zero-order valence-electron chi connectivity index (χ0n) is 8.88. The van der Waals surface area contributed by atoms with Crippen LogP contribution in [-0.4, -0.2) is 6.61 Å². The molecule has 1 aromatic rings. The van der Waals surface area contributed by atoms with Crippen LogP contribution >= 0.6 is 27.3 Å². The molecule has 15 heavy (non-hydrogen) atoms. The van der Waals surface area contributed by atoms with E-state index in [0.717, 1.165) is 19.1 Å². The van der Waals surface area contributed by atoms with Crippen molar-refractivity contribution in [3.05, 3.63) is 20.8 Å². The number of thiophene rings is 1. The Balaban J connectivity index is 1.65. The van der Waals surface area contributed by atoms with Crippen molar-refractivity contribution in [2.45, 2.75) is 38.7 Å². The van der Waals surface area contributed by atoms with Gasteiger partial charge in [0.1, 0.15) is 0 Å². The van der Waals surface area contributed by atoms with Crippen LogP contribution < -0.4 is 0 Å². The summed E-state index contributed by atoms with van der Waals surface area (Å²) in [7, 11) is 0. The van der Waals surface area contributed by atoms with Gasteiger partial charge in [0, 0.05) is 11.5 Å². The third-order valence-corrected chi connectivity index (χ3v) is 4.55. The minimum Gasteiger partial charge on any atom is -0.376 e. The predicted octanol–water partition coefficient (Wildman–Crippen LogP) is 4.61. The summed E-state index contributed by atoms with van der Waals surface area (Å²) in [6.07, 6.45) is 6.97. The van der Waals surface area contributed by atoms with Crippen LogP contribution in [-0.2, 0) is 11.3 Å². The van der Waals surface area contributed by atoms with Gasteiger partial charge in [0.25, 0.3) is 0 Å². The SMILES string of the molecule is Brc1ccc(COCC2CCCCC2)s1. The highest BCUT2D eigenvalue weighted by Crippen LogP contribution is 2.25. The van der Waals surface area contributed by atoms with E-state index in [1.807, 2.05) is 0 Å². The van der Waals surface area contributed by atoms with Crippen molar-refractivity contribution in [3.8, 4) is 0 Å². The van der Waals surface area contributed by atoms with Crippen molar-refractivity contribution in [1.29, 1.82) is 0 Å². The van der Waals surface area contributed by atoms with E-state index in [9.17, 15) is 0 Å². The summed E-state index contributed by atoms with van der Waals surface area (Å²) < 4.78 is 6.96. The highest BCUT2D eigenvalue weighted by atomic mass is 79.9. The molecule has 0 aromatic carbocycles. The Morgan fingerprint density at radius 1 is 1.27 bits per heavy atom. The Bertz CT molecular complexity index is 292. The lowest BCUT2D eigenvalue weighted by Gasteiger charge is -2.20. The molecular weight excluding hydrogens is 272 g/mol. The van der Waals surface area contributed by atoms with Gasteiger partial charge in [-0.05, 0) is 46.8 Å². The first kappa shape index (κ1) is 11.6. The van der Waals surface area contributed by atoms with Crippen LogP contribution in [0.1, 0.15) is 37.0 Å². The third kappa shape index (κ3) is 3.89. The zero-order valence-corrected chi connectivity index (χ0v) is 11.3. The smallest absolute Gasteiger partial charge is 0.0809 e. The fourth-order valence-corrected chi connectivity index (χ4v) is 3.53. The van der Waals surface area contributed by atoms with E-state index in [2.05, 4.69) is 28.1 Å². The van der Waals surface area contributed by atoms with Crippen LogP contribution in [0.25, 0.3) is 0 Å². The molecule has 0 spiro atoms. The van der Waals surface area contributed by atoms with E-state index in [1.165, 1.54) is 40.8 Å². The molecule has 0 amide bonds. The Labute approximate surface area is 104 Å². The standard InChI is InChI=1S/C12H17BrOS/c13-12-7-6-11(15-12)9-14-8-10-4-2-1-3-5-10/h6-7,10H,1-5,8-9H2. The summed E-state index contributed by atoms with van der Waals surface area (Å²) in [4.78, 5) is 1.32. The first-order chi connectivity index (χ1) is 7.34. The maximum atomic E-state index is 5.76. The molecule has 0 atom stereocenters. The molecule has 1 heterocycles. The van der Waals surface area contributed by atoms with Crippen LogP contribution in [0.3, 0.4) is 0 Å². The van der Waals surface area contributed by atoms with Crippen LogP contribution in [0.4, 0.5) is 0 Å². The largest absolute Gasteiger partial charge is 0.376 e. The summed E-state index contributed by atoms with van der Waals surface area (Å²) in [5.41, 5.74) is 0. The number of ether oxygens (including phenoxy) is 1. The van der Waals surface area contributed by atoms with Gasteiger partial charge in [0.15, 0.2) is 0 Å². The summed E-state index contributed by atoms with van der Waals surface area (Å²) >= 11 is 5.23. The van der Waals surface area contributed by atoms with Gasteiger partial charge < -0.3 is 4.74 Å². The van der Waals surface area contributed by atoms with Crippen molar-refractivity contribution in [2.24, 2.45) is 5.92 Å². The Hall–Kier alpha value is 0.140. The van der Waals surface area contributed by atoms with Crippen molar-refractivity contribution in [3.63, 3.8) is 0 Å². The lowest BCUT2D eigenvalue weighted by atomic mass is 9.90. The number of hydrogen-bond donors (Lipinski definition) is 0. The van der Waals surface area contributed by atoms with Gasteiger partial charge in [-0.15, -0.1) is 11.3 Å². The first-order valence-electron chi connectivity index (χ1n) is 5.66. The van der Waals surface area contributed by atoms with Gasteiger partial charge in [-0.3, -0.25) is 0 Å². The molecule has 1 aliphatic carbocycles. The van der Waals surface area contributed by atoms with E-state index >= 15 is 0 Å². The van der Waals surface area contributed by atoms with E-state index in [1.54, 1.807) is 11.3 Å². The van der Waals surface area contributed by atoms with Gasteiger partial charge in [-0.2, -0.15) is 0 Å². The van der Waals surface area contributed by atoms with E-state index < -0.39 is 0 Å². The molecule has 1 aromatic heterocycles. The summed E-state index contributed by atoms with van der Waals surface area (Å²) in [6.45, 7) is 1.74. The number of rotatable bonds is 4. The minimum absolute atomic E-state index is 0.784. The molecule has 1 saturated carbocycles. The average Bonchev–Trinajstić information content (AvgIpc) is 2.66. The number of halogens is 1. The Morgan fingerprint density at radius 3 is 2.73 bits per heavy atom. The van der Waals surface area contributed by atoms with Crippen molar-refractivity contribution < 1.29 is 4.74 Å². The summed E-state index contributed by atoms with van der Waals surface area (Å²) in [5, 5.41) is 0. The first-order valence-corrected chi connectivity index (χ1v) is 7.27. The molecule has 0 aliphatic heterocycles. The van der Waals surface area contributed by atoms with Gasteiger partial charge >= 0.3 is 0 Å². The highest BCUT2D eigenvalue weighted by molar-refractivity contribution is 9.11. The maximum absolute atomic E-state index is 5.76. The van der Waals surface area contributed by atoms with E-state index in [-0.39, 0.29) is 0 Å². The molecule has 0 radical (unpaired) electrons. The summed E-state index contributed by atoms with van der Waals surface area (Å²) in [6, 6.07) is 4.22. The molecule has 0 N–H and O–H groups in total. The van der Waals surface area contributed by atoms with Gasteiger partial charge in [0.05, 0.1) is 10.4 Å². The molecule has 0 unspecified atom stereocenters. The highest BCUT2D eigenvalue weighted by Gasteiger charge is 2.13. The molecule has 2 rings (SSSR count).